The molecule has 2 aromatic heterocycles. The number of carbonyl (C=O) groups excluding carboxylic acids is 2. The number of rotatable bonds is 11. The Kier molecular flexibility index (Phi) is 12.3. The van der Waals surface area contributed by atoms with Crippen molar-refractivity contribution in [1.82, 2.24) is 30.4 Å². The van der Waals surface area contributed by atoms with Crippen molar-refractivity contribution in [3.05, 3.63) is 82.2 Å². The lowest BCUT2D eigenvalue weighted by atomic mass is 9.97. The van der Waals surface area contributed by atoms with Gasteiger partial charge in [0.05, 0.1) is 35.7 Å². The summed E-state index contributed by atoms with van der Waals surface area (Å²) in [5.41, 5.74) is 6.46. The zero-order valence-corrected chi connectivity index (χ0v) is 31.7. The van der Waals surface area contributed by atoms with Gasteiger partial charge in [-0.2, -0.15) is 0 Å². The lowest BCUT2D eigenvalue weighted by Gasteiger charge is -2.32. The van der Waals surface area contributed by atoms with E-state index in [9.17, 15) is 9.59 Å². The molecule has 2 fully saturated rings. The van der Waals surface area contributed by atoms with Crippen molar-refractivity contribution in [3.63, 3.8) is 0 Å². The normalized spacial score (nSPS) is 15.5. The summed E-state index contributed by atoms with van der Waals surface area (Å²) in [7, 11) is 3.31. The van der Waals surface area contributed by atoms with Gasteiger partial charge >= 0.3 is 0 Å². The van der Waals surface area contributed by atoms with Crippen LogP contribution in [0, 0.1) is 0 Å². The van der Waals surface area contributed by atoms with E-state index in [1.807, 2.05) is 46.2 Å². The number of likely N-dealkylation sites (tertiary alicyclic amines) is 2. The van der Waals surface area contributed by atoms with E-state index in [2.05, 4.69) is 27.8 Å². The number of pyridine rings is 2. The Bertz CT molecular complexity index is 1770. The average Bonchev–Trinajstić information content (AvgIpc) is 3.17. The summed E-state index contributed by atoms with van der Waals surface area (Å²) in [6.07, 6.45) is 7.15. The smallest absolute Gasteiger partial charge is 0.219 e. The van der Waals surface area contributed by atoms with E-state index in [-0.39, 0.29) is 11.8 Å². The van der Waals surface area contributed by atoms with Gasteiger partial charge in [-0.25, -0.2) is 0 Å². The fourth-order valence-electron chi connectivity index (χ4n) is 7.08. The average molecular weight is 746 g/mol. The van der Waals surface area contributed by atoms with Crippen LogP contribution in [0.15, 0.2) is 60.9 Å². The summed E-state index contributed by atoms with van der Waals surface area (Å²) in [4.78, 5) is 36.5. The molecule has 0 bridgehead atoms. The highest BCUT2D eigenvalue weighted by Gasteiger charge is 2.23. The molecule has 0 saturated carbocycles. The molecule has 4 heterocycles. The number of methoxy groups -OCH3 is 2. The monoisotopic (exact) mass is 744 g/mol. The number of halogens is 2. The van der Waals surface area contributed by atoms with Gasteiger partial charge in [0.15, 0.2) is 0 Å². The molecule has 2 N–H and O–H groups in total. The zero-order valence-electron chi connectivity index (χ0n) is 30.2. The fraction of sp³-hybridized carbons (Fsp3) is 0.400. The maximum atomic E-state index is 11.7. The Morgan fingerprint density at radius 2 is 1.31 bits per heavy atom. The Balaban J connectivity index is 1.18. The third-order valence-electron chi connectivity index (χ3n) is 10.2. The predicted octanol–water partition coefficient (Wildman–Crippen LogP) is 7.00. The van der Waals surface area contributed by atoms with Gasteiger partial charge in [0.1, 0.15) is 11.5 Å². The lowest BCUT2D eigenvalue weighted by molar-refractivity contribution is -0.130. The molecule has 6 rings (SSSR count). The van der Waals surface area contributed by atoms with Crippen LogP contribution in [0.25, 0.3) is 33.5 Å². The standard InChI is InChI=1S/C40H46Cl2N6O4/c1-25(49)47-16-11-30(12-17-47)44-22-28-9-8-27(20-36(28)51-3)32-6-5-7-33(38(32)41)34-10-15-43-40(39(34)42)29-21-37(52-4)35(46-23-29)24-45-31-13-18-48(19-14-31)26(2)50/h5-10,15,20-21,23,30-31,44-45H,11-14,16-19,22,24H2,1-4H3. The molecule has 52 heavy (non-hydrogen) atoms. The number of nitrogens with one attached hydrogen (secondary N) is 2. The second kappa shape index (κ2) is 17.1. The third kappa shape index (κ3) is 8.52. The summed E-state index contributed by atoms with van der Waals surface area (Å²) in [5.74, 6) is 1.67. The van der Waals surface area contributed by atoms with E-state index in [1.165, 1.54) is 0 Å². The van der Waals surface area contributed by atoms with E-state index < -0.39 is 0 Å². The minimum absolute atomic E-state index is 0.124. The van der Waals surface area contributed by atoms with Crippen LogP contribution in [0.1, 0.15) is 50.8 Å². The quantitative estimate of drug-likeness (QED) is 0.169. The summed E-state index contributed by atoms with van der Waals surface area (Å²) in [5, 5.41) is 8.24. The zero-order chi connectivity index (χ0) is 36.8. The first kappa shape index (κ1) is 37.5. The fourth-order valence-corrected chi connectivity index (χ4v) is 7.74. The molecule has 12 heteroatoms. The molecule has 2 aromatic carbocycles. The van der Waals surface area contributed by atoms with Crippen molar-refractivity contribution in [2.75, 3.05) is 40.4 Å². The molecule has 0 spiro atoms. The second-order valence-electron chi connectivity index (χ2n) is 13.4. The molecule has 2 amide bonds. The summed E-state index contributed by atoms with van der Waals surface area (Å²) in [6.45, 7) is 7.53. The van der Waals surface area contributed by atoms with Crippen LogP contribution in [-0.4, -0.2) is 84.1 Å². The molecule has 4 aromatic rings. The van der Waals surface area contributed by atoms with Crippen LogP contribution in [0.2, 0.25) is 10.0 Å². The third-order valence-corrected chi connectivity index (χ3v) is 11.0. The van der Waals surface area contributed by atoms with Crippen molar-refractivity contribution in [2.24, 2.45) is 0 Å². The maximum Gasteiger partial charge on any atom is 0.219 e. The first-order chi connectivity index (χ1) is 25.2. The van der Waals surface area contributed by atoms with E-state index >= 15 is 0 Å². The number of amides is 2. The summed E-state index contributed by atoms with van der Waals surface area (Å²) < 4.78 is 11.6. The molecule has 10 nitrogen and oxygen atoms in total. The molecule has 2 aliphatic heterocycles. The number of aromatic nitrogens is 2. The van der Waals surface area contributed by atoms with Gasteiger partial charge < -0.3 is 29.9 Å². The molecule has 274 valence electrons. The van der Waals surface area contributed by atoms with Gasteiger partial charge in [-0.05, 0) is 49.4 Å². The van der Waals surface area contributed by atoms with Gasteiger partial charge in [-0.3, -0.25) is 19.6 Å². The molecular formula is C40H46Cl2N6O4. The number of hydrogen-bond acceptors (Lipinski definition) is 8. The molecule has 2 saturated heterocycles. The molecule has 0 radical (unpaired) electrons. The number of nitrogens with zero attached hydrogens (tertiary/aromatic N) is 4. The molecule has 0 aliphatic carbocycles. The molecular weight excluding hydrogens is 699 g/mol. The number of benzene rings is 2. The van der Waals surface area contributed by atoms with Crippen LogP contribution < -0.4 is 20.1 Å². The van der Waals surface area contributed by atoms with E-state index in [0.717, 1.165) is 96.7 Å². The Labute approximate surface area is 315 Å². The number of hydrogen-bond donors (Lipinski definition) is 2. The molecule has 2 aliphatic rings. The Hall–Kier alpha value is -4.22. The van der Waals surface area contributed by atoms with Gasteiger partial charge in [0.2, 0.25) is 11.8 Å². The van der Waals surface area contributed by atoms with Gasteiger partial charge in [-0.15, -0.1) is 0 Å². The van der Waals surface area contributed by atoms with Crippen LogP contribution >= 0.6 is 23.2 Å². The largest absolute Gasteiger partial charge is 0.496 e. The van der Waals surface area contributed by atoms with Crippen molar-refractivity contribution >= 4 is 35.0 Å². The topological polar surface area (TPSA) is 109 Å². The molecule has 0 atom stereocenters. The van der Waals surface area contributed by atoms with Crippen molar-refractivity contribution in [3.8, 4) is 45.0 Å². The van der Waals surface area contributed by atoms with Crippen LogP contribution in [0.5, 0.6) is 11.5 Å². The van der Waals surface area contributed by atoms with Crippen molar-refractivity contribution < 1.29 is 19.1 Å². The summed E-state index contributed by atoms with van der Waals surface area (Å²) >= 11 is 14.2. The lowest BCUT2D eigenvalue weighted by Crippen LogP contribution is -2.44. The Morgan fingerprint density at radius 1 is 0.731 bits per heavy atom. The van der Waals surface area contributed by atoms with E-state index in [4.69, 9.17) is 37.7 Å². The minimum Gasteiger partial charge on any atom is -0.496 e. The van der Waals surface area contributed by atoms with Crippen LogP contribution in [0.3, 0.4) is 0 Å². The minimum atomic E-state index is 0.124. The van der Waals surface area contributed by atoms with Gasteiger partial charge in [0.25, 0.3) is 0 Å². The summed E-state index contributed by atoms with van der Waals surface area (Å²) in [6, 6.07) is 16.5. The highest BCUT2D eigenvalue weighted by molar-refractivity contribution is 6.39. The van der Waals surface area contributed by atoms with Gasteiger partial charge in [0, 0.05) is 105 Å². The maximum absolute atomic E-state index is 11.7. The molecule has 0 unspecified atom stereocenters. The van der Waals surface area contributed by atoms with Crippen molar-refractivity contribution in [1.29, 1.82) is 0 Å². The number of piperidine rings is 2. The van der Waals surface area contributed by atoms with Crippen molar-refractivity contribution in [2.45, 2.75) is 64.7 Å². The number of carbonyl (C=O) groups is 2. The highest BCUT2D eigenvalue weighted by Crippen LogP contribution is 2.42. The van der Waals surface area contributed by atoms with Crippen LogP contribution in [-0.2, 0) is 22.7 Å². The predicted molar refractivity (Wildman–Crippen MR) is 206 cm³/mol. The number of ether oxygens (including phenoxy) is 2. The van der Waals surface area contributed by atoms with Gasteiger partial charge in [-0.1, -0.05) is 53.5 Å². The highest BCUT2D eigenvalue weighted by atomic mass is 35.5. The van der Waals surface area contributed by atoms with Crippen LogP contribution in [0.4, 0.5) is 0 Å². The first-order valence-electron chi connectivity index (χ1n) is 17.8. The SMILES string of the molecule is COc1cc(-c2cccc(-c3ccnc(-c4cnc(CNC5CCN(C(C)=O)CC5)c(OC)c4)c3Cl)c2Cl)ccc1CNC1CCN(C(C)=O)CC1. The first-order valence-corrected chi connectivity index (χ1v) is 18.5. The Morgan fingerprint density at radius 3 is 1.92 bits per heavy atom. The van der Waals surface area contributed by atoms with E-state index in [1.54, 1.807) is 40.5 Å². The second-order valence-corrected chi connectivity index (χ2v) is 14.2. The van der Waals surface area contributed by atoms with E-state index in [0.29, 0.717) is 46.7 Å².